The van der Waals surface area contributed by atoms with Crippen molar-refractivity contribution >= 4 is 11.8 Å². The topological polar surface area (TPSA) is 74.6 Å². The van der Waals surface area contributed by atoms with E-state index in [1.807, 2.05) is 18.2 Å². The van der Waals surface area contributed by atoms with Crippen molar-refractivity contribution in [3.05, 3.63) is 24.3 Å². The Morgan fingerprint density at radius 1 is 1.21 bits per heavy atom. The molecule has 0 fully saturated rings. The van der Waals surface area contributed by atoms with Crippen LogP contribution in [0.25, 0.3) is 0 Å². The first-order valence-electron chi connectivity index (χ1n) is 9.34. The van der Waals surface area contributed by atoms with Gasteiger partial charge in [0.15, 0.2) is 5.78 Å². The summed E-state index contributed by atoms with van der Waals surface area (Å²) >= 11 is 0. The zero-order chi connectivity index (χ0) is 17.8. The van der Waals surface area contributed by atoms with Crippen molar-refractivity contribution < 1.29 is 19.8 Å². The second-order valence-electron chi connectivity index (χ2n) is 6.74. The smallest absolute Gasteiger partial charge is 0.303 e. The second-order valence-corrected chi connectivity index (χ2v) is 6.74. The lowest BCUT2D eigenvalue weighted by molar-refractivity contribution is -0.137. The van der Waals surface area contributed by atoms with Gasteiger partial charge < -0.3 is 10.2 Å². The van der Waals surface area contributed by atoms with E-state index in [-0.39, 0.29) is 24.0 Å². The molecule has 0 aromatic rings. The third kappa shape index (κ3) is 8.44. The van der Waals surface area contributed by atoms with Crippen LogP contribution in [0.4, 0.5) is 0 Å². The Morgan fingerprint density at radius 2 is 1.96 bits per heavy atom. The highest BCUT2D eigenvalue weighted by molar-refractivity contribution is 5.94. The van der Waals surface area contributed by atoms with Gasteiger partial charge in [0.25, 0.3) is 0 Å². The summed E-state index contributed by atoms with van der Waals surface area (Å²) in [5, 5.41) is 18.6. The van der Waals surface area contributed by atoms with Crippen molar-refractivity contribution in [2.24, 2.45) is 11.8 Å². The molecule has 4 nitrogen and oxygen atoms in total. The van der Waals surface area contributed by atoms with E-state index in [2.05, 4.69) is 6.92 Å². The Hall–Kier alpha value is -1.42. The molecule has 136 valence electrons. The number of aliphatic hydroxyl groups excluding tert-OH is 1. The van der Waals surface area contributed by atoms with Crippen molar-refractivity contribution in [2.75, 3.05) is 0 Å². The molecule has 0 saturated heterocycles. The highest BCUT2D eigenvalue weighted by Gasteiger charge is 2.27. The molecule has 24 heavy (non-hydrogen) atoms. The summed E-state index contributed by atoms with van der Waals surface area (Å²) in [6.45, 7) is 2.14. The number of hydrogen-bond donors (Lipinski definition) is 2. The SMILES string of the molecule is CCCCC[C@H](O)/C=C\[C@H]1C=CC(=O)[C@@H]1CCCCCCC(=O)O. The second kappa shape index (κ2) is 12.0. The average molecular weight is 336 g/mol. The summed E-state index contributed by atoms with van der Waals surface area (Å²) in [5.41, 5.74) is 0. The molecule has 0 aromatic carbocycles. The standard InChI is InChI=1S/C20H32O4/c1-2-3-6-9-17(21)14-12-16-13-15-19(22)18(16)10-7-4-5-8-11-20(23)24/h12-18,21H,2-11H2,1H3,(H,23,24)/b14-12-/t16-,17-,18+/m0/s1. The van der Waals surface area contributed by atoms with Crippen LogP contribution in [0.15, 0.2) is 24.3 Å². The van der Waals surface area contributed by atoms with Crippen LogP contribution in [0.3, 0.4) is 0 Å². The Kier molecular flexibility index (Phi) is 10.3. The lowest BCUT2D eigenvalue weighted by atomic mass is 9.88. The third-order valence-electron chi connectivity index (χ3n) is 4.63. The van der Waals surface area contributed by atoms with Gasteiger partial charge in [0.05, 0.1) is 6.10 Å². The van der Waals surface area contributed by atoms with Crippen molar-refractivity contribution in [2.45, 2.75) is 77.2 Å². The molecule has 3 atom stereocenters. The van der Waals surface area contributed by atoms with Gasteiger partial charge in [0, 0.05) is 18.3 Å². The number of allylic oxidation sites excluding steroid dienone is 3. The molecule has 0 heterocycles. The molecule has 1 aliphatic rings. The number of carbonyl (C=O) groups is 2. The molecule has 0 aromatic heterocycles. The van der Waals surface area contributed by atoms with Crippen molar-refractivity contribution in [3.8, 4) is 0 Å². The van der Waals surface area contributed by atoms with E-state index in [9.17, 15) is 14.7 Å². The van der Waals surface area contributed by atoms with E-state index in [4.69, 9.17) is 5.11 Å². The van der Waals surface area contributed by atoms with Crippen LogP contribution in [-0.4, -0.2) is 28.1 Å². The van der Waals surface area contributed by atoms with Crippen LogP contribution >= 0.6 is 0 Å². The van der Waals surface area contributed by atoms with E-state index in [1.165, 1.54) is 0 Å². The van der Waals surface area contributed by atoms with Crippen LogP contribution < -0.4 is 0 Å². The van der Waals surface area contributed by atoms with Crippen LogP contribution in [0, 0.1) is 11.8 Å². The molecule has 1 rings (SSSR count). The minimum absolute atomic E-state index is 0.0106. The molecule has 0 spiro atoms. The predicted octanol–water partition coefficient (Wildman–Crippen LogP) is 4.28. The van der Waals surface area contributed by atoms with Gasteiger partial charge in [0.1, 0.15) is 0 Å². The van der Waals surface area contributed by atoms with Gasteiger partial charge in [-0.15, -0.1) is 0 Å². The number of carboxylic acids is 1. The summed E-state index contributed by atoms with van der Waals surface area (Å²) in [6, 6.07) is 0. The van der Waals surface area contributed by atoms with Crippen LogP contribution in [-0.2, 0) is 9.59 Å². The minimum Gasteiger partial charge on any atom is -0.481 e. The minimum atomic E-state index is -0.743. The molecule has 0 amide bonds. The lowest BCUT2D eigenvalue weighted by Crippen LogP contribution is -2.15. The lowest BCUT2D eigenvalue weighted by Gasteiger charge is -2.15. The van der Waals surface area contributed by atoms with Crippen molar-refractivity contribution in [1.29, 1.82) is 0 Å². The summed E-state index contributed by atoms with van der Waals surface area (Å²) in [7, 11) is 0. The highest BCUT2D eigenvalue weighted by atomic mass is 16.4. The zero-order valence-corrected chi connectivity index (χ0v) is 14.8. The maximum Gasteiger partial charge on any atom is 0.303 e. The van der Waals surface area contributed by atoms with Crippen LogP contribution in [0.5, 0.6) is 0 Å². The van der Waals surface area contributed by atoms with Gasteiger partial charge in [-0.05, 0) is 25.3 Å². The fraction of sp³-hybridized carbons (Fsp3) is 0.700. The molecule has 1 aliphatic carbocycles. The fourth-order valence-corrected chi connectivity index (χ4v) is 3.14. The normalized spacial score (nSPS) is 21.7. The van der Waals surface area contributed by atoms with Crippen LogP contribution in [0.1, 0.15) is 71.1 Å². The van der Waals surface area contributed by atoms with Gasteiger partial charge >= 0.3 is 5.97 Å². The number of carboxylic acid groups (broad SMARTS) is 1. The van der Waals surface area contributed by atoms with Gasteiger partial charge in [-0.3, -0.25) is 9.59 Å². The molecule has 0 aliphatic heterocycles. The predicted molar refractivity (Wildman–Crippen MR) is 95.8 cm³/mol. The number of aliphatic hydroxyl groups is 1. The quantitative estimate of drug-likeness (QED) is 0.389. The first kappa shape index (κ1) is 20.6. The van der Waals surface area contributed by atoms with Crippen LogP contribution in [0.2, 0.25) is 0 Å². The highest BCUT2D eigenvalue weighted by Crippen LogP contribution is 2.29. The van der Waals surface area contributed by atoms with Gasteiger partial charge in [-0.25, -0.2) is 0 Å². The average Bonchev–Trinajstić information content (AvgIpc) is 2.89. The van der Waals surface area contributed by atoms with Gasteiger partial charge in [-0.1, -0.05) is 63.7 Å². The van der Waals surface area contributed by atoms with E-state index in [1.54, 1.807) is 6.08 Å². The number of aliphatic carboxylic acids is 1. The first-order valence-corrected chi connectivity index (χ1v) is 9.34. The fourth-order valence-electron chi connectivity index (χ4n) is 3.14. The Bertz CT molecular complexity index is 439. The third-order valence-corrected chi connectivity index (χ3v) is 4.63. The van der Waals surface area contributed by atoms with E-state index in [0.29, 0.717) is 6.42 Å². The molecule has 0 unspecified atom stereocenters. The maximum atomic E-state index is 12.0. The van der Waals surface area contributed by atoms with E-state index >= 15 is 0 Å². The molecular formula is C20H32O4. The Balaban J connectivity index is 2.29. The molecular weight excluding hydrogens is 304 g/mol. The van der Waals surface area contributed by atoms with E-state index in [0.717, 1.165) is 51.4 Å². The summed E-state index contributed by atoms with van der Waals surface area (Å²) in [4.78, 5) is 22.4. The maximum absolute atomic E-state index is 12.0. The molecule has 0 radical (unpaired) electrons. The summed E-state index contributed by atoms with van der Waals surface area (Å²) < 4.78 is 0. The van der Waals surface area contributed by atoms with Crippen molar-refractivity contribution in [3.63, 3.8) is 0 Å². The molecule has 4 heteroatoms. The number of rotatable bonds is 13. The summed E-state index contributed by atoms with van der Waals surface area (Å²) in [5.74, 6) is -0.482. The Labute approximate surface area is 145 Å². The number of hydrogen-bond acceptors (Lipinski definition) is 3. The molecule has 0 bridgehead atoms. The van der Waals surface area contributed by atoms with Gasteiger partial charge in [-0.2, -0.15) is 0 Å². The van der Waals surface area contributed by atoms with Crippen molar-refractivity contribution in [1.82, 2.24) is 0 Å². The van der Waals surface area contributed by atoms with Gasteiger partial charge in [0.2, 0.25) is 0 Å². The largest absolute Gasteiger partial charge is 0.481 e. The first-order chi connectivity index (χ1) is 11.5. The Morgan fingerprint density at radius 3 is 2.67 bits per heavy atom. The number of carbonyl (C=O) groups excluding carboxylic acids is 1. The number of ketones is 1. The summed E-state index contributed by atoms with van der Waals surface area (Å²) in [6.07, 6.45) is 15.7. The molecule has 0 saturated carbocycles. The van der Waals surface area contributed by atoms with E-state index < -0.39 is 12.1 Å². The zero-order valence-electron chi connectivity index (χ0n) is 14.8. The number of unbranched alkanes of at least 4 members (excludes halogenated alkanes) is 5. The monoisotopic (exact) mass is 336 g/mol. The molecule has 2 N–H and O–H groups in total.